The molecule has 1 amide bonds. The summed E-state index contributed by atoms with van der Waals surface area (Å²) in [4.78, 5) is 29.1. The van der Waals surface area contributed by atoms with Crippen LogP contribution in [0.15, 0.2) is 24.4 Å². The number of nitrogens with one attached hydrogen (secondary N) is 1. The largest absolute Gasteiger partial charge is 0.469 e. The number of nitrogens with zero attached hydrogens (tertiary/aromatic N) is 2. The van der Waals surface area contributed by atoms with Crippen LogP contribution in [-0.2, 0) is 20.9 Å². The predicted molar refractivity (Wildman–Crippen MR) is 78.7 cm³/mol. The molecule has 0 aliphatic carbocycles. The summed E-state index contributed by atoms with van der Waals surface area (Å²) in [5, 5.41) is 12.7. The first-order chi connectivity index (χ1) is 10.6. The molecule has 1 saturated heterocycles. The van der Waals surface area contributed by atoms with Crippen molar-refractivity contribution in [2.24, 2.45) is 5.92 Å². The highest BCUT2D eigenvalue weighted by molar-refractivity contribution is 5.78. The standard InChI is InChI=1S/C15H21N3O4/c1-22-15(21)6-11-8-18(9-13(11)19)10-14(20)17-7-12-4-2-3-5-16-12/h2-5,11,13,19H,6-10H2,1H3,(H,17,20)/t11-,13-/m1/s1. The number of β-amino-alcohol motifs (C(OH)–C–C–N with tert-alkyl or cyclic N) is 1. The van der Waals surface area contributed by atoms with Gasteiger partial charge in [0.25, 0.3) is 0 Å². The van der Waals surface area contributed by atoms with Gasteiger partial charge in [-0.3, -0.25) is 19.5 Å². The quantitative estimate of drug-likeness (QED) is 0.692. The van der Waals surface area contributed by atoms with Crippen LogP contribution in [0.25, 0.3) is 0 Å². The van der Waals surface area contributed by atoms with Gasteiger partial charge in [-0.25, -0.2) is 0 Å². The van der Waals surface area contributed by atoms with E-state index in [1.165, 1.54) is 7.11 Å². The highest BCUT2D eigenvalue weighted by Gasteiger charge is 2.33. The monoisotopic (exact) mass is 307 g/mol. The van der Waals surface area contributed by atoms with Crippen molar-refractivity contribution >= 4 is 11.9 Å². The summed E-state index contributed by atoms with van der Waals surface area (Å²) in [6, 6.07) is 5.52. The Labute approximate surface area is 129 Å². The molecule has 1 aromatic rings. The highest BCUT2D eigenvalue weighted by atomic mass is 16.5. The Morgan fingerprint density at radius 3 is 2.95 bits per heavy atom. The first-order valence-corrected chi connectivity index (χ1v) is 7.22. The zero-order valence-electron chi connectivity index (χ0n) is 12.6. The molecule has 2 N–H and O–H groups in total. The minimum absolute atomic E-state index is 0.128. The van der Waals surface area contributed by atoms with Crippen LogP contribution in [0.4, 0.5) is 0 Å². The number of methoxy groups -OCH3 is 1. The van der Waals surface area contributed by atoms with Crippen molar-refractivity contribution in [3.8, 4) is 0 Å². The van der Waals surface area contributed by atoms with Gasteiger partial charge in [-0.05, 0) is 12.1 Å². The SMILES string of the molecule is COC(=O)C[C@@H]1CN(CC(=O)NCc2ccccn2)C[C@H]1O. The topological polar surface area (TPSA) is 91.8 Å². The van der Waals surface area contributed by atoms with Crippen molar-refractivity contribution in [2.75, 3.05) is 26.7 Å². The third kappa shape index (κ3) is 4.78. The molecule has 2 rings (SSSR count). The van der Waals surface area contributed by atoms with Gasteiger partial charge in [-0.15, -0.1) is 0 Å². The van der Waals surface area contributed by atoms with Gasteiger partial charge in [0, 0.05) is 25.2 Å². The Morgan fingerprint density at radius 2 is 2.27 bits per heavy atom. The lowest BCUT2D eigenvalue weighted by atomic mass is 10.0. The first-order valence-electron chi connectivity index (χ1n) is 7.22. The summed E-state index contributed by atoms with van der Waals surface area (Å²) in [5.74, 6) is -0.655. The molecule has 1 fully saturated rings. The fourth-order valence-corrected chi connectivity index (χ4v) is 2.52. The second-order valence-corrected chi connectivity index (χ2v) is 5.40. The van der Waals surface area contributed by atoms with Gasteiger partial charge in [0.2, 0.25) is 5.91 Å². The number of ether oxygens (including phenoxy) is 1. The highest BCUT2D eigenvalue weighted by Crippen LogP contribution is 2.20. The van der Waals surface area contributed by atoms with E-state index >= 15 is 0 Å². The van der Waals surface area contributed by atoms with E-state index in [9.17, 15) is 14.7 Å². The van der Waals surface area contributed by atoms with E-state index in [1.807, 2.05) is 23.1 Å². The number of carbonyl (C=O) groups is 2. The van der Waals surface area contributed by atoms with Gasteiger partial charge in [-0.2, -0.15) is 0 Å². The molecule has 0 saturated carbocycles. The smallest absolute Gasteiger partial charge is 0.305 e. The second kappa shape index (κ2) is 7.86. The molecule has 120 valence electrons. The number of rotatable bonds is 6. The lowest BCUT2D eigenvalue weighted by molar-refractivity contribution is -0.142. The Kier molecular flexibility index (Phi) is 5.85. The third-order valence-corrected chi connectivity index (χ3v) is 3.70. The second-order valence-electron chi connectivity index (χ2n) is 5.40. The number of aliphatic hydroxyl groups excluding tert-OH is 1. The van der Waals surface area contributed by atoms with E-state index in [0.29, 0.717) is 19.6 Å². The lowest BCUT2D eigenvalue weighted by Gasteiger charge is -2.14. The van der Waals surface area contributed by atoms with Crippen LogP contribution in [0.2, 0.25) is 0 Å². The molecule has 1 aliphatic rings. The van der Waals surface area contributed by atoms with Crippen molar-refractivity contribution in [1.82, 2.24) is 15.2 Å². The molecule has 1 aliphatic heterocycles. The Balaban J connectivity index is 1.74. The van der Waals surface area contributed by atoms with Gasteiger partial charge in [0.05, 0.1) is 38.4 Å². The molecule has 0 radical (unpaired) electrons. The maximum atomic E-state index is 11.9. The van der Waals surface area contributed by atoms with Crippen LogP contribution >= 0.6 is 0 Å². The molecular weight excluding hydrogens is 286 g/mol. The van der Waals surface area contributed by atoms with Crippen LogP contribution in [0.3, 0.4) is 0 Å². The molecule has 0 aromatic carbocycles. The fourth-order valence-electron chi connectivity index (χ4n) is 2.52. The molecule has 0 spiro atoms. The number of carbonyl (C=O) groups excluding carboxylic acids is 2. The summed E-state index contributed by atoms with van der Waals surface area (Å²) < 4.78 is 4.61. The third-order valence-electron chi connectivity index (χ3n) is 3.70. The predicted octanol–water partition coefficient (Wildman–Crippen LogP) is -0.446. The van der Waals surface area contributed by atoms with E-state index in [2.05, 4.69) is 15.0 Å². The van der Waals surface area contributed by atoms with Crippen LogP contribution in [-0.4, -0.2) is 59.7 Å². The maximum Gasteiger partial charge on any atom is 0.305 e. The average Bonchev–Trinajstić information content (AvgIpc) is 2.85. The molecule has 22 heavy (non-hydrogen) atoms. The Morgan fingerprint density at radius 1 is 1.45 bits per heavy atom. The summed E-state index contributed by atoms with van der Waals surface area (Å²) in [6.45, 7) is 1.47. The van der Waals surface area contributed by atoms with Crippen LogP contribution in [0.1, 0.15) is 12.1 Å². The zero-order chi connectivity index (χ0) is 15.9. The van der Waals surface area contributed by atoms with Gasteiger partial charge < -0.3 is 15.2 Å². The average molecular weight is 307 g/mol. The van der Waals surface area contributed by atoms with Crippen molar-refractivity contribution in [2.45, 2.75) is 19.1 Å². The Bertz CT molecular complexity index is 509. The first kappa shape index (κ1) is 16.4. The van der Waals surface area contributed by atoms with Crippen molar-refractivity contribution in [1.29, 1.82) is 0 Å². The van der Waals surface area contributed by atoms with E-state index < -0.39 is 6.10 Å². The number of pyridine rings is 1. The molecule has 7 heteroatoms. The molecule has 0 bridgehead atoms. The molecule has 7 nitrogen and oxygen atoms in total. The summed E-state index contributed by atoms with van der Waals surface area (Å²) in [7, 11) is 1.33. The van der Waals surface area contributed by atoms with Gasteiger partial charge in [-0.1, -0.05) is 6.07 Å². The van der Waals surface area contributed by atoms with Crippen LogP contribution < -0.4 is 5.32 Å². The number of esters is 1. The van der Waals surface area contributed by atoms with Gasteiger partial charge >= 0.3 is 5.97 Å². The number of aliphatic hydroxyl groups is 1. The minimum Gasteiger partial charge on any atom is -0.469 e. The Hall–Kier alpha value is -1.99. The molecule has 1 aromatic heterocycles. The summed E-state index contributed by atoms with van der Waals surface area (Å²) in [6.07, 6.45) is 1.24. The normalized spacial score (nSPS) is 21.5. The van der Waals surface area contributed by atoms with Gasteiger partial charge in [0.1, 0.15) is 0 Å². The summed E-state index contributed by atoms with van der Waals surface area (Å²) in [5.41, 5.74) is 0.792. The van der Waals surface area contributed by atoms with E-state index in [-0.39, 0.29) is 30.8 Å². The molecule has 2 heterocycles. The molecular formula is C15H21N3O4. The molecule has 0 unspecified atom stereocenters. The van der Waals surface area contributed by atoms with Crippen LogP contribution in [0.5, 0.6) is 0 Å². The summed E-state index contributed by atoms with van der Waals surface area (Å²) >= 11 is 0. The number of likely N-dealkylation sites (tertiary alicyclic amines) is 1. The number of hydrogen-bond acceptors (Lipinski definition) is 6. The number of hydrogen-bond donors (Lipinski definition) is 2. The fraction of sp³-hybridized carbons (Fsp3) is 0.533. The van der Waals surface area contributed by atoms with Crippen LogP contribution in [0, 0.1) is 5.92 Å². The lowest BCUT2D eigenvalue weighted by Crippen LogP contribution is -2.36. The molecule has 2 atom stereocenters. The number of amides is 1. The van der Waals surface area contributed by atoms with Crippen molar-refractivity contribution in [3.05, 3.63) is 30.1 Å². The van der Waals surface area contributed by atoms with E-state index in [0.717, 1.165) is 5.69 Å². The maximum absolute atomic E-state index is 11.9. The van der Waals surface area contributed by atoms with E-state index in [1.54, 1.807) is 6.20 Å². The van der Waals surface area contributed by atoms with Crippen molar-refractivity contribution in [3.63, 3.8) is 0 Å². The van der Waals surface area contributed by atoms with Crippen molar-refractivity contribution < 1.29 is 19.4 Å². The number of aromatic nitrogens is 1. The van der Waals surface area contributed by atoms with E-state index in [4.69, 9.17) is 0 Å². The zero-order valence-corrected chi connectivity index (χ0v) is 12.6. The van der Waals surface area contributed by atoms with Gasteiger partial charge in [0.15, 0.2) is 0 Å². The minimum atomic E-state index is -0.609.